The number of nitrogens with zero attached hydrogens (tertiary/aromatic N) is 3. The average Bonchev–Trinajstić information content (AvgIpc) is 3.68. The second kappa shape index (κ2) is 11.0. The lowest BCUT2D eigenvalue weighted by Crippen LogP contribution is -2.45. The molecule has 2 N–H and O–H groups in total. The fourth-order valence-corrected chi connectivity index (χ4v) is 5.08. The number of carbonyl (C=O) groups is 3. The summed E-state index contributed by atoms with van der Waals surface area (Å²) in [5.74, 6) is -0.0202. The van der Waals surface area contributed by atoms with Crippen LogP contribution < -0.4 is 5.32 Å². The highest BCUT2D eigenvalue weighted by molar-refractivity contribution is 5.98. The largest absolute Gasteiger partial charge is 0.361 e. The maximum absolute atomic E-state index is 13.5. The Labute approximate surface area is 220 Å². The normalized spacial score (nSPS) is 16.9. The molecule has 1 unspecified atom stereocenters. The van der Waals surface area contributed by atoms with Crippen LogP contribution in [0.5, 0.6) is 0 Å². The van der Waals surface area contributed by atoms with Crippen molar-refractivity contribution in [3.63, 3.8) is 0 Å². The van der Waals surface area contributed by atoms with Gasteiger partial charge in [-0.05, 0) is 37.5 Å². The lowest BCUT2D eigenvalue weighted by molar-refractivity contribution is -0.135. The molecule has 0 radical (unpaired) electrons. The molecule has 1 fully saturated rings. The first-order valence-corrected chi connectivity index (χ1v) is 12.9. The summed E-state index contributed by atoms with van der Waals surface area (Å²) in [6.07, 6.45) is 1.73. The number of nitrogens with one attached hydrogen (secondary N) is 2. The van der Waals surface area contributed by atoms with Crippen molar-refractivity contribution in [3.8, 4) is 0 Å². The molecule has 9 nitrogen and oxygen atoms in total. The van der Waals surface area contributed by atoms with Crippen LogP contribution in [0.1, 0.15) is 72.2 Å². The predicted octanol–water partition coefficient (Wildman–Crippen LogP) is 4.47. The number of hydrogen-bond acceptors (Lipinski definition) is 6. The van der Waals surface area contributed by atoms with E-state index in [1.165, 1.54) is 6.07 Å². The number of Topliss-reactive ketones (excluding diaryl/α,β-unsaturated/α-hetero) is 1. The molecule has 3 heterocycles. The van der Waals surface area contributed by atoms with Crippen LogP contribution in [0.25, 0.3) is 11.0 Å². The number of carbonyl (C=O) groups excluding carboxylic acids is 3. The van der Waals surface area contributed by atoms with E-state index in [-0.39, 0.29) is 42.2 Å². The third kappa shape index (κ3) is 5.51. The Balaban J connectivity index is 1.33. The van der Waals surface area contributed by atoms with E-state index in [4.69, 9.17) is 4.52 Å². The molecule has 0 spiro atoms. The van der Waals surface area contributed by atoms with Gasteiger partial charge in [0.05, 0.1) is 29.5 Å². The van der Waals surface area contributed by atoms with Crippen molar-refractivity contribution in [1.82, 2.24) is 25.3 Å². The van der Waals surface area contributed by atoms with Crippen molar-refractivity contribution in [1.29, 1.82) is 0 Å². The summed E-state index contributed by atoms with van der Waals surface area (Å²) < 4.78 is 5.02. The monoisotopic (exact) mass is 513 g/mol. The number of benzene rings is 2. The number of hydrogen-bond donors (Lipinski definition) is 2. The van der Waals surface area contributed by atoms with Gasteiger partial charge < -0.3 is 19.7 Å². The summed E-state index contributed by atoms with van der Waals surface area (Å²) in [6.45, 7) is 4.20. The Hall–Kier alpha value is -4.27. The maximum Gasteiger partial charge on any atom is 0.274 e. The summed E-state index contributed by atoms with van der Waals surface area (Å²) in [7, 11) is 0. The van der Waals surface area contributed by atoms with Crippen molar-refractivity contribution in [2.24, 2.45) is 0 Å². The van der Waals surface area contributed by atoms with Gasteiger partial charge in [-0.1, -0.05) is 54.5 Å². The molecule has 0 bridgehead atoms. The smallest absolute Gasteiger partial charge is 0.274 e. The average molecular weight is 514 g/mol. The van der Waals surface area contributed by atoms with Crippen molar-refractivity contribution < 1.29 is 18.9 Å². The molecule has 2 aromatic heterocycles. The topological polar surface area (TPSA) is 121 Å². The lowest BCUT2D eigenvalue weighted by atomic mass is 9.96. The zero-order chi connectivity index (χ0) is 26.6. The first kappa shape index (κ1) is 25.4. The first-order valence-electron chi connectivity index (χ1n) is 12.9. The van der Waals surface area contributed by atoms with Crippen molar-refractivity contribution in [3.05, 3.63) is 83.5 Å². The van der Waals surface area contributed by atoms with E-state index in [0.29, 0.717) is 18.1 Å². The number of aryl methyl sites for hydroxylation is 1. The van der Waals surface area contributed by atoms with Gasteiger partial charge in [-0.15, -0.1) is 0 Å². The number of aromatic nitrogens is 3. The zero-order valence-electron chi connectivity index (χ0n) is 21.5. The number of para-hydroxylation sites is 2. The van der Waals surface area contributed by atoms with Gasteiger partial charge in [-0.3, -0.25) is 14.4 Å². The van der Waals surface area contributed by atoms with Crippen LogP contribution in [0.4, 0.5) is 0 Å². The van der Waals surface area contributed by atoms with E-state index in [1.54, 1.807) is 6.92 Å². The van der Waals surface area contributed by atoms with Crippen molar-refractivity contribution in [2.45, 2.75) is 57.5 Å². The molecular formula is C29H31N5O4. The van der Waals surface area contributed by atoms with Gasteiger partial charge in [0.25, 0.3) is 5.91 Å². The van der Waals surface area contributed by atoms with E-state index in [2.05, 4.69) is 20.4 Å². The second-order valence-electron chi connectivity index (χ2n) is 9.92. The second-order valence-corrected chi connectivity index (χ2v) is 9.92. The summed E-state index contributed by atoms with van der Waals surface area (Å²) in [6, 6.07) is 18.0. The van der Waals surface area contributed by atoms with E-state index < -0.39 is 11.9 Å². The van der Waals surface area contributed by atoms with Gasteiger partial charge in [-0.2, -0.15) is 0 Å². The molecule has 0 saturated carbocycles. The minimum Gasteiger partial charge on any atom is -0.361 e. The molecule has 2 amide bonds. The highest BCUT2D eigenvalue weighted by Gasteiger charge is 2.34. The molecule has 5 rings (SSSR count). The number of amides is 2. The lowest BCUT2D eigenvalue weighted by Gasteiger charge is -2.27. The quantitative estimate of drug-likeness (QED) is 0.341. The third-order valence-corrected chi connectivity index (χ3v) is 7.07. The SMILES string of the molecule is Cc1cc(C(=O)N[C@@H](CC(=O)N2CCC[C@@H]2c2ccccc2)C(=O)CC(C)c2nc3ccccc3[nH]2)no1. The molecular weight excluding hydrogens is 482 g/mol. The van der Waals surface area contributed by atoms with Crippen LogP contribution in [0.15, 0.2) is 65.2 Å². The fraction of sp³-hybridized carbons (Fsp3) is 0.345. The molecule has 1 aliphatic heterocycles. The number of rotatable bonds is 9. The van der Waals surface area contributed by atoms with Crippen molar-refractivity contribution in [2.75, 3.05) is 6.54 Å². The maximum atomic E-state index is 13.5. The highest BCUT2D eigenvalue weighted by atomic mass is 16.5. The molecule has 1 saturated heterocycles. The van der Waals surface area contributed by atoms with Gasteiger partial charge in [0.15, 0.2) is 11.5 Å². The number of H-pyrrole nitrogens is 1. The van der Waals surface area contributed by atoms with Crippen LogP contribution in [-0.2, 0) is 9.59 Å². The van der Waals surface area contributed by atoms with Crippen LogP contribution >= 0.6 is 0 Å². The molecule has 196 valence electrons. The predicted molar refractivity (Wildman–Crippen MR) is 141 cm³/mol. The van der Waals surface area contributed by atoms with E-state index >= 15 is 0 Å². The Kier molecular flexibility index (Phi) is 7.35. The molecule has 3 atom stereocenters. The van der Waals surface area contributed by atoms with Gasteiger partial charge >= 0.3 is 0 Å². The summed E-state index contributed by atoms with van der Waals surface area (Å²) in [5.41, 5.74) is 2.86. The van der Waals surface area contributed by atoms with E-state index in [0.717, 1.165) is 29.4 Å². The van der Waals surface area contributed by atoms with Gasteiger partial charge in [-0.25, -0.2) is 4.98 Å². The molecule has 2 aromatic carbocycles. The van der Waals surface area contributed by atoms with E-state index in [9.17, 15) is 14.4 Å². The fourth-order valence-electron chi connectivity index (χ4n) is 5.08. The molecule has 38 heavy (non-hydrogen) atoms. The van der Waals surface area contributed by atoms with Gasteiger partial charge in [0, 0.05) is 24.9 Å². The minimum atomic E-state index is -1.00. The molecule has 4 aromatic rings. The van der Waals surface area contributed by atoms with Crippen LogP contribution in [0.2, 0.25) is 0 Å². The van der Waals surface area contributed by atoms with Crippen LogP contribution in [0, 0.1) is 6.92 Å². The van der Waals surface area contributed by atoms with Gasteiger partial charge in [0.2, 0.25) is 5.91 Å². The Bertz CT molecular complexity index is 1410. The standard InChI is InChI=1S/C29H31N5O4/c1-18(28-30-21-11-6-7-12-22(21)31-28)15-26(35)23(32-29(37)24-16-19(2)38-33-24)17-27(36)34-14-8-13-25(34)20-9-4-3-5-10-20/h3-7,9-12,16,18,23,25H,8,13-15,17H2,1-2H3,(H,30,31)(H,32,37)/t18?,23-,25+/m0/s1. The number of imidazole rings is 1. The first-order chi connectivity index (χ1) is 18.4. The number of likely N-dealkylation sites (tertiary alicyclic amines) is 1. The van der Waals surface area contributed by atoms with Gasteiger partial charge in [0.1, 0.15) is 11.6 Å². The van der Waals surface area contributed by atoms with Crippen LogP contribution in [-0.4, -0.2) is 50.2 Å². The molecule has 0 aliphatic carbocycles. The summed E-state index contributed by atoms with van der Waals surface area (Å²) in [5, 5.41) is 6.51. The highest BCUT2D eigenvalue weighted by Crippen LogP contribution is 2.32. The number of aromatic amines is 1. The van der Waals surface area contributed by atoms with Crippen LogP contribution in [0.3, 0.4) is 0 Å². The van der Waals surface area contributed by atoms with E-state index in [1.807, 2.05) is 66.4 Å². The van der Waals surface area contributed by atoms with Crippen molar-refractivity contribution >= 4 is 28.6 Å². The third-order valence-electron chi connectivity index (χ3n) is 7.07. The summed E-state index contributed by atoms with van der Waals surface area (Å²) >= 11 is 0. The Morgan fingerprint density at radius 2 is 1.87 bits per heavy atom. The number of ketones is 1. The molecule has 9 heteroatoms. The Morgan fingerprint density at radius 3 is 2.61 bits per heavy atom. The number of fused-ring (bicyclic) bond motifs is 1. The molecule has 1 aliphatic rings. The summed E-state index contributed by atoms with van der Waals surface area (Å²) in [4.78, 5) is 49.7. The Morgan fingerprint density at radius 1 is 1.11 bits per heavy atom. The zero-order valence-corrected chi connectivity index (χ0v) is 21.5. The minimum absolute atomic E-state index is 0.0391.